The van der Waals surface area contributed by atoms with Crippen molar-refractivity contribution in [1.29, 1.82) is 0 Å². The molecule has 0 radical (unpaired) electrons. The lowest BCUT2D eigenvalue weighted by Crippen LogP contribution is -2.07. The van der Waals surface area contributed by atoms with Crippen molar-refractivity contribution in [2.24, 2.45) is 0 Å². The first-order valence-electron chi connectivity index (χ1n) is 7.08. The van der Waals surface area contributed by atoms with Gasteiger partial charge in [0.15, 0.2) is 5.13 Å². The first kappa shape index (κ1) is 15.6. The van der Waals surface area contributed by atoms with Crippen molar-refractivity contribution in [3.05, 3.63) is 40.4 Å². The topological polar surface area (TPSA) is 64.1 Å². The van der Waals surface area contributed by atoms with Crippen LogP contribution in [-0.4, -0.2) is 22.5 Å². The Bertz CT molecular complexity index is 867. The van der Waals surface area contributed by atoms with E-state index in [2.05, 4.69) is 15.3 Å². The number of rotatable bonds is 5. The highest BCUT2D eigenvalue weighted by atomic mass is 32.1. The van der Waals surface area contributed by atoms with Crippen LogP contribution < -0.4 is 10.1 Å². The van der Waals surface area contributed by atoms with E-state index in [0.717, 1.165) is 26.7 Å². The molecule has 0 atom stereocenters. The number of nitrogens with zero attached hydrogens (tertiary/aromatic N) is 2. The summed E-state index contributed by atoms with van der Waals surface area (Å²) < 4.78 is 6.45. The lowest BCUT2D eigenvalue weighted by Gasteiger charge is -2.00. The highest BCUT2D eigenvalue weighted by Gasteiger charge is 2.07. The quantitative estimate of drug-likeness (QED) is 0.707. The zero-order chi connectivity index (χ0) is 16.2. The van der Waals surface area contributed by atoms with Crippen molar-refractivity contribution in [2.45, 2.75) is 13.8 Å². The first-order valence-corrected chi connectivity index (χ1v) is 8.78. The maximum absolute atomic E-state index is 12.0. The van der Waals surface area contributed by atoms with Crippen LogP contribution in [0, 0.1) is 6.92 Å². The Morgan fingerprint density at radius 1 is 1.39 bits per heavy atom. The van der Waals surface area contributed by atoms with Gasteiger partial charge >= 0.3 is 0 Å². The van der Waals surface area contributed by atoms with E-state index in [1.807, 2.05) is 37.4 Å². The summed E-state index contributed by atoms with van der Waals surface area (Å²) in [6.45, 7) is 4.49. The highest BCUT2D eigenvalue weighted by Crippen LogP contribution is 2.29. The molecular formula is C16H15N3O2S2. The number of carbonyl (C=O) groups excluding carboxylic acids is 1. The Balaban J connectivity index is 1.70. The number of ether oxygens (including phenoxy) is 1. The summed E-state index contributed by atoms with van der Waals surface area (Å²) in [5.41, 5.74) is 1.63. The summed E-state index contributed by atoms with van der Waals surface area (Å²) in [4.78, 5) is 20.6. The molecule has 0 unspecified atom stereocenters. The van der Waals surface area contributed by atoms with Crippen LogP contribution in [0.3, 0.4) is 0 Å². The van der Waals surface area contributed by atoms with Crippen molar-refractivity contribution in [3.8, 4) is 5.75 Å². The molecular weight excluding hydrogens is 330 g/mol. The van der Waals surface area contributed by atoms with Gasteiger partial charge in [-0.3, -0.25) is 10.1 Å². The van der Waals surface area contributed by atoms with Gasteiger partial charge in [0, 0.05) is 11.5 Å². The van der Waals surface area contributed by atoms with Crippen molar-refractivity contribution < 1.29 is 9.53 Å². The molecule has 23 heavy (non-hydrogen) atoms. The normalized spacial score (nSPS) is 11.2. The molecule has 118 valence electrons. The van der Waals surface area contributed by atoms with Crippen molar-refractivity contribution in [1.82, 2.24) is 9.97 Å². The molecule has 0 fully saturated rings. The van der Waals surface area contributed by atoms with Gasteiger partial charge in [-0.15, -0.1) is 11.3 Å². The Labute approximate surface area is 141 Å². The van der Waals surface area contributed by atoms with E-state index in [0.29, 0.717) is 11.7 Å². The monoisotopic (exact) mass is 345 g/mol. The number of hydrogen-bond donors (Lipinski definition) is 1. The van der Waals surface area contributed by atoms with Crippen molar-refractivity contribution >= 4 is 50.0 Å². The zero-order valence-corrected chi connectivity index (χ0v) is 14.3. The molecule has 2 heterocycles. The van der Waals surface area contributed by atoms with E-state index in [-0.39, 0.29) is 5.91 Å². The molecule has 2 aromatic heterocycles. The van der Waals surface area contributed by atoms with Crippen LogP contribution in [-0.2, 0) is 4.79 Å². The Morgan fingerprint density at radius 2 is 2.26 bits per heavy atom. The number of fused-ring (bicyclic) bond motifs is 1. The Kier molecular flexibility index (Phi) is 4.68. The molecule has 1 amide bonds. The third-order valence-electron chi connectivity index (χ3n) is 2.94. The molecule has 0 aliphatic rings. The number of aryl methyl sites for hydroxylation is 1. The molecule has 7 heteroatoms. The van der Waals surface area contributed by atoms with E-state index < -0.39 is 0 Å². The van der Waals surface area contributed by atoms with Crippen LogP contribution >= 0.6 is 22.7 Å². The summed E-state index contributed by atoms with van der Waals surface area (Å²) >= 11 is 2.97. The number of thiazole rings is 2. The molecule has 0 bridgehead atoms. The highest BCUT2D eigenvalue weighted by molar-refractivity contribution is 7.22. The van der Waals surface area contributed by atoms with E-state index in [1.54, 1.807) is 17.4 Å². The number of anilines is 1. The molecule has 0 saturated heterocycles. The van der Waals surface area contributed by atoms with Gasteiger partial charge in [-0.05, 0) is 38.1 Å². The maximum Gasteiger partial charge on any atom is 0.250 e. The number of hydrogen-bond acceptors (Lipinski definition) is 6. The second-order valence-corrected chi connectivity index (χ2v) is 6.79. The molecule has 0 aliphatic carbocycles. The van der Waals surface area contributed by atoms with Crippen LogP contribution in [0.15, 0.2) is 29.7 Å². The fraction of sp³-hybridized carbons (Fsp3) is 0.188. The fourth-order valence-electron chi connectivity index (χ4n) is 1.98. The average molecular weight is 345 g/mol. The van der Waals surface area contributed by atoms with Gasteiger partial charge in [-0.1, -0.05) is 11.3 Å². The second-order valence-electron chi connectivity index (χ2n) is 4.70. The SMILES string of the molecule is CCOc1ccc2nc(NC(=O)C=Cc3csc(C)n3)sc2c1. The minimum absolute atomic E-state index is 0.222. The van der Waals surface area contributed by atoms with Crippen LogP contribution in [0.25, 0.3) is 16.3 Å². The standard InChI is InChI=1S/C16H15N3O2S2/c1-3-21-12-5-6-13-14(8-12)23-16(18-13)19-15(20)7-4-11-9-22-10(2)17-11/h4-9H,3H2,1-2H3,(H,18,19,20). The van der Waals surface area contributed by atoms with Crippen LogP contribution in [0.5, 0.6) is 5.75 Å². The molecule has 0 aliphatic heterocycles. The number of carbonyl (C=O) groups is 1. The summed E-state index contributed by atoms with van der Waals surface area (Å²) in [6, 6.07) is 5.70. The Morgan fingerprint density at radius 3 is 3.00 bits per heavy atom. The van der Waals surface area contributed by atoms with Gasteiger partial charge in [0.1, 0.15) is 5.75 Å². The van der Waals surface area contributed by atoms with Crippen molar-refractivity contribution in [2.75, 3.05) is 11.9 Å². The second kappa shape index (κ2) is 6.89. The van der Waals surface area contributed by atoms with E-state index in [1.165, 1.54) is 17.4 Å². The maximum atomic E-state index is 12.0. The van der Waals surface area contributed by atoms with E-state index in [4.69, 9.17) is 4.74 Å². The summed E-state index contributed by atoms with van der Waals surface area (Å²) in [5.74, 6) is 0.583. The van der Waals surface area contributed by atoms with E-state index in [9.17, 15) is 4.79 Å². The number of amides is 1. The van der Waals surface area contributed by atoms with Gasteiger partial charge in [0.2, 0.25) is 5.91 Å². The predicted octanol–water partition coefficient (Wildman–Crippen LogP) is 4.11. The minimum Gasteiger partial charge on any atom is -0.494 e. The van der Waals surface area contributed by atoms with Crippen molar-refractivity contribution in [3.63, 3.8) is 0 Å². The van der Waals surface area contributed by atoms with Crippen LogP contribution in [0.2, 0.25) is 0 Å². The first-order chi connectivity index (χ1) is 11.1. The van der Waals surface area contributed by atoms with Crippen LogP contribution in [0.1, 0.15) is 17.6 Å². The predicted molar refractivity (Wildman–Crippen MR) is 95.3 cm³/mol. The summed E-state index contributed by atoms with van der Waals surface area (Å²) in [7, 11) is 0. The van der Waals surface area contributed by atoms with Gasteiger partial charge in [-0.25, -0.2) is 9.97 Å². The van der Waals surface area contributed by atoms with E-state index >= 15 is 0 Å². The Hall–Kier alpha value is -2.25. The lowest BCUT2D eigenvalue weighted by molar-refractivity contribution is -0.111. The summed E-state index contributed by atoms with van der Waals surface area (Å²) in [6.07, 6.45) is 3.16. The van der Waals surface area contributed by atoms with Crippen LogP contribution in [0.4, 0.5) is 5.13 Å². The van der Waals surface area contributed by atoms with Gasteiger partial charge in [0.25, 0.3) is 0 Å². The molecule has 3 rings (SSSR count). The van der Waals surface area contributed by atoms with Gasteiger partial charge in [0.05, 0.1) is 27.5 Å². The molecule has 3 aromatic rings. The molecule has 1 N–H and O–H groups in total. The third-order valence-corrected chi connectivity index (χ3v) is 4.67. The smallest absolute Gasteiger partial charge is 0.250 e. The average Bonchev–Trinajstić information content (AvgIpc) is 3.10. The number of nitrogens with one attached hydrogen (secondary N) is 1. The molecule has 0 spiro atoms. The summed E-state index contributed by atoms with van der Waals surface area (Å²) in [5, 5.41) is 6.23. The number of benzene rings is 1. The zero-order valence-electron chi connectivity index (χ0n) is 12.7. The molecule has 0 saturated carbocycles. The minimum atomic E-state index is -0.222. The lowest BCUT2D eigenvalue weighted by atomic mass is 10.3. The fourth-order valence-corrected chi connectivity index (χ4v) is 3.46. The van der Waals surface area contributed by atoms with Gasteiger partial charge in [-0.2, -0.15) is 0 Å². The molecule has 1 aromatic carbocycles. The van der Waals surface area contributed by atoms with Gasteiger partial charge < -0.3 is 4.74 Å². The largest absolute Gasteiger partial charge is 0.494 e. The molecule has 5 nitrogen and oxygen atoms in total. The number of aromatic nitrogens is 2. The third kappa shape index (κ3) is 3.94.